The highest BCUT2D eigenvalue weighted by molar-refractivity contribution is 5.22. The van der Waals surface area contributed by atoms with E-state index in [-0.39, 0.29) is 0 Å². The molecule has 0 atom stereocenters. The van der Waals surface area contributed by atoms with E-state index in [2.05, 4.69) is 16.8 Å². The second-order valence-corrected chi connectivity index (χ2v) is 4.66. The third-order valence-corrected chi connectivity index (χ3v) is 3.75. The first-order chi connectivity index (χ1) is 7.40. The highest BCUT2D eigenvalue weighted by Gasteiger charge is 2.27. The Kier molecular flexibility index (Phi) is 2.28. The van der Waals surface area contributed by atoms with E-state index in [1.807, 2.05) is 0 Å². The molecule has 1 fully saturated rings. The average Bonchev–Trinajstić information content (AvgIpc) is 2.55. The molecule has 0 unspecified atom stereocenters. The van der Waals surface area contributed by atoms with Gasteiger partial charge in [0.1, 0.15) is 5.82 Å². The summed E-state index contributed by atoms with van der Waals surface area (Å²) in [6.07, 6.45) is 6.37. The van der Waals surface area contributed by atoms with Gasteiger partial charge >= 0.3 is 0 Å². The average molecular weight is 205 g/mol. The van der Waals surface area contributed by atoms with Crippen LogP contribution in [0.1, 0.15) is 49.4 Å². The lowest BCUT2D eigenvalue weighted by Crippen LogP contribution is -2.27. The Morgan fingerprint density at radius 1 is 1.47 bits per heavy atom. The molecular formula is C12H19N3. The van der Waals surface area contributed by atoms with Crippen molar-refractivity contribution in [2.24, 2.45) is 0 Å². The zero-order valence-corrected chi connectivity index (χ0v) is 9.42. The SMILES string of the molecule is CCc1nc2c(n1C1CCC1)CCNC2. The second kappa shape index (κ2) is 3.63. The first-order valence-corrected chi connectivity index (χ1v) is 6.19. The maximum absolute atomic E-state index is 4.77. The van der Waals surface area contributed by atoms with Crippen molar-refractivity contribution in [3.63, 3.8) is 0 Å². The minimum absolute atomic E-state index is 0.772. The van der Waals surface area contributed by atoms with E-state index in [9.17, 15) is 0 Å². The van der Waals surface area contributed by atoms with Crippen LogP contribution in [0.25, 0.3) is 0 Å². The van der Waals surface area contributed by atoms with Crippen LogP contribution < -0.4 is 5.32 Å². The molecule has 15 heavy (non-hydrogen) atoms. The van der Waals surface area contributed by atoms with Gasteiger partial charge in [0.15, 0.2) is 0 Å². The fourth-order valence-electron chi connectivity index (χ4n) is 2.71. The zero-order chi connectivity index (χ0) is 10.3. The molecule has 1 aromatic heterocycles. The van der Waals surface area contributed by atoms with Crippen LogP contribution in [-0.4, -0.2) is 16.1 Å². The van der Waals surface area contributed by atoms with Gasteiger partial charge in [-0.05, 0) is 19.3 Å². The predicted octanol–water partition coefficient (Wildman–Crippen LogP) is 1.82. The van der Waals surface area contributed by atoms with Crippen molar-refractivity contribution in [2.45, 2.75) is 51.6 Å². The highest BCUT2D eigenvalue weighted by Crippen LogP contribution is 2.35. The van der Waals surface area contributed by atoms with Crippen LogP contribution in [-0.2, 0) is 19.4 Å². The number of imidazole rings is 1. The molecule has 0 amide bonds. The third kappa shape index (κ3) is 1.41. The van der Waals surface area contributed by atoms with Crippen LogP contribution in [0, 0.1) is 0 Å². The summed E-state index contributed by atoms with van der Waals surface area (Å²) in [5, 5.41) is 3.40. The molecule has 1 aliphatic carbocycles. The molecule has 1 aromatic rings. The minimum atomic E-state index is 0.772. The molecule has 0 bridgehead atoms. The van der Waals surface area contributed by atoms with Crippen LogP contribution in [0.5, 0.6) is 0 Å². The molecule has 2 aliphatic rings. The number of nitrogens with one attached hydrogen (secondary N) is 1. The quantitative estimate of drug-likeness (QED) is 0.798. The third-order valence-electron chi connectivity index (χ3n) is 3.75. The van der Waals surface area contributed by atoms with Crippen molar-refractivity contribution in [2.75, 3.05) is 6.54 Å². The van der Waals surface area contributed by atoms with E-state index in [1.165, 1.54) is 42.9 Å². The number of nitrogens with zero attached hydrogens (tertiary/aromatic N) is 2. The smallest absolute Gasteiger partial charge is 0.109 e. The summed E-state index contributed by atoms with van der Waals surface area (Å²) < 4.78 is 2.56. The van der Waals surface area contributed by atoms with Crippen LogP contribution in [0.4, 0.5) is 0 Å². The van der Waals surface area contributed by atoms with E-state index in [4.69, 9.17) is 4.98 Å². The van der Waals surface area contributed by atoms with Crippen molar-refractivity contribution in [3.8, 4) is 0 Å². The van der Waals surface area contributed by atoms with E-state index in [0.717, 1.165) is 25.6 Å². The molecule has 0 aromatic carbocycles. The van der Waals surface area contributed by atoms with Crippen LogP contribution in [0.2, 0.25) is 0 Å². The summed E-state index contributed by atoms with van der Waals surface area (Å²) in [4.78, 5) is 4.77. The Balaban J connectivity index is 2.03. The number of rotatable bonds is 2. The van der Waals surface area contributed by atoms with Gasteiger partial charge in [0.05, 0.1) is 5.69 Å². The molecule has 1 saturated carbocycles. The Labute approximate surface area is 90.9 Å². The molecule has 0 spiro atoms. The topological polar surface area (TPSA) is 29.9 Å². The van der Waals surface area contributed by atoms with Gasteiger partial charge in [0.2, 0.25) is 0 Å². The van der Waals surface area contributed by atoms with E-state index < -0.39 is 0 Å². The maximum atomic E-state index is 4.77. The summed E-state index contributed by atoms with van der Waals surface area (Å²) in [5.41, 5.74) is 2.83. The predicted molar refractivity (Wildman–Crippen MR) is 59.9 cm³/mol. The number of hydrogen-bond donors (Lipinski definition) is 1. The molecule has 3 nitrogen and oxygen atoms in total. The fraction of sp³-hybridized carbons (Fsp3) is 0.750. The van der Waals surface area contributed by atoms with E-state index >= 15 is 0 Å². The van der Waals surface area contributed by atoms with Crippen LogP contribution in [0.3, 0.4) is 0 Å². The van der Waals surface area contributed by atoms with Gasteiger partial charge in [-0.1, -0.05) is 6.92 Å². The Morgan fingerprint density at radius 3 is 3.00 bits per heavy atom. The summed E-state index contributed by atoms with van der Waals surface area (Å²) in [6, 6.07) is 0.772. The van der Waals surface area contributed by atoms with Crippen LogP contribution >= 0.6 is 0 Å². The Hall–Kier alpha value is -0.830. The van der Waals surface area contributed by atoms with Gasteiger partial charge < -0.3 is 9.88 Å². The zero-order valence-electron chi connectivity index (χ0n) is 9.42. The number of aromatic nitrogens is 2. The summed E-state index contributed by atoms with van der Waals surface area (Å²) >= 11 is 0. The van der Waals surface area contributed by atoms with Crippen molar-refractivity contribution < 1.29 is 0 Å². The van der Waals surface area contributed by atoms with Crippen molar-refractivity contribution in [1.82, 2.24) is 14.9 Å². The van der Waals surface area contributed by atoms with E-state index in [0.29, 0.717) is 0 Å². The molecule has 0 radical (unpaired) electrons. The molecular weight excluding hydrogens is 186 g/mol. The Morgan fingerprint density at radius 2 is 2.33 bits per heavy atom. The largest absolute Gasteiger partial charge is 0.329 e. The first-order valence-electron chi connectivity index (χ1n) is 6.19. The van der Waals surface area contributed by atoms with Crippen LogP contribution in [0.15, 0.2) is 0 Å². The Bertz CT molecular complexity index is 363. The molecule has 3 rings (SSSR count). The molecule has 2 heterocycles. The number of aryl methyl sites for hydroxylation is 1. The summed E-state index contributed by atoms with van der Waals surface area (Å²) in [6.45, 7) is 4.31. The highest BCUT2D eigenvalue weighted by atomic mass is 15.1. The molecule has 82 valence electrons. The van der Waals surface area contributed by atoms with E-state index in [1.54, 1.807) is 0 Å². The van der Waals surface area contributed by atoms with Gasteiger partial charge in [-0.25, -0.2) is 4.98 Å². The lowest BCUT2D eigenvalue weighted by Gasteiger charge is -2.31. The molecule has 1 N–H and O–H groups in total. The summed E-state index contributed by atoms with van der Waals surface area (Å²) in [5.74, 6) is 1.31. The number of fused-ring (bicyclic) bond motifs is 1. The standard InChI is InChI=1S/C12H19N3/c1-2-12-14-10-8-13-7-6-11(10)15(12)9-4-3-5-9/h9,13H,2-8H2,1H3. The van der Waals surface area contributed by atoms with Gasteiger partial charge in [-0.15, -0.1) is 0 Å². The van der Waals surface area contributed by atoms with Crippen molar-refractivity contribution in [3.05, 3.63) is 17.2 Å². The maximum Gasteiger partial charge on any atom is 0.109 e. The van der Waals surface area contributed by atoms with Gasteiger partial charge in [-0.3, -0.25) is 0 Å². The number of hydrogen-bond acceptors (Lipinski definition) is 2. The van der Waals surface area contributed by atoms with Gasteiger partial charge in [0.25, 0.3) is 0 Å². The molecule has 1 aliphatic heterocycles. The van der Waals surface area contributed by atoms with Crippen molar-refractivity contribution >= 4 is 0 Å². The van der Waals surface area contributed by atoms with Crippen molar-refractivity contribution in [1.29, 1.82) is 0 Å². The minimum Gasteiger partial charge on any atom is -0.329 e. The lowest BCUT2D eigenvalue weighted by atomic mass is 9.92. The first kappa shape index (κ1) is 9.40. The summed E-state index contributed by atoms with van der Waals surface area (Å²) in [7, 11) is 0. The lowest BCUT2D eigenvalue weighted by molar-refractivity contribution is 0.298. The molecule has 0 saturated heterocycles. The van der Waals surface area contributed by atoms with Gasteiger partial charge in [-0.2, -0.15) is 0 Å². The fourth-order valence-corrected chi connectivity index (χ4v) is 2.71. The second-order valence-electron chi connectivity index (χ2n) is 4.66. The monoisotopic (exact) mass is 205 g/mol. The van der Waals surface area contributed by atoms with Gasteiger partial charge in [0, 0.05) is 37.7 Å². The normalized spacial score (nSPS) is 21.1. The molecule has 3 heteroatoms.